The summed E-state index contributed by atoms with van der Waals surface area (Å²) in [6.07, 6.45) is 7.10. The Bertz CT molecular complexity index is 796. The van der Waals surface area contributed by atoms with Crippen LogP contribution in [-0.4, -0.2) is 16.4 Å². The molecule has 0 amide bonds. The minimum Gasteiger partial charge on any atom is -0.504 e. The zero-order valence-corrected chi connectivity index (χ0v) is 18.0. The van der Waals surface area contributed by atoms with Gasteiger partial charge in [0.15, 0.2) is 11.5 Å². The SMILES string of the molecule is CCCCc1c(CCCC)c(OC(=O)O)c(O)c(-c2ccccc2)c1CCCC. The average molecular weight is 399 g/mol. The molecule has 29 heavy (non-hydrogen) atoms. The van der Waals surface area contributed by atoms with E-state index in [2.05, 4.69) is 20.8 Å². The lowest BCUT2D eigenvalue weighted by Crippen LogP contribution is -2.11. The fourth-order valence-electron chi connectivity index (χ4n) is 3.89. The van der Waals surface area contributed by atoms with Crippen LogP contribution in [0.4, 0.5) is 4.79 Å². The number of hydrogen-bond acceptors (Lipinski definition) is 3. The van der Waals surface area contributed by atoms with Crippen molar-refractivity contribution >= 4 is 6.16 Å². The van der Waals surface area contributed by atoms with Gasteiger partial charge < -0.3 is 14.9 Å². The molecule has 0 saturated carbocycles. The van der Waals surface area contributed by atoms with Gasteiger partial charge in [-0.05, 0) is 55.2 Å². The van der Waals surface area contributed by atoms with E-state index >= 15 is 0 Å². The lowest BCUT2D eigenvalue weighted by molar-refractivity contribution is 0.142. The quantitative estimate of drug-likeness (QED) is 0.312. The van der Waals surface area contributed by atoms with Crippen molar-refractivity contribution in [2.75, 3.05) is 0 Å². The second kappa shape index (κ2) is 11.5. The number of aromatic hydroxyl groups is 1. The predicted octanol–water partition coefficient (Wildman–Crippen LogP) is 7.14. The number of carbonyl (C=O) groups is 1. The Labute approximate surface area is 174 Å². The van der Waals surface area contributed by atoms with Crippen LogP contribution in [0.5, 0.6) is 11.5 Å². The van der Waals surface area contributed by atoms with E-state index < -0.39 is 6.16 Å². The number of carboxylic acid groups (broad SMARTS) is 1. The summed E-state index contributed by atoms with van der Waals surface area (Å²) in [4.78, 5) is 11.4. The maximum atomic E-state index is 11.4. The van der Waals surface area contributed by atoms with Gasteiger partial charge in [0.2, 0.25) is 0 Å². The van der Waals surface area contributed by atoms with Gasteiger partial charge in [-0.1, -0.05) is 70.4 Å². The summed E-state index contributed by atoms with van der Waals surface area (Å²) < 4.78 is 5.18. The van der Waals surface area contributed by atoms with Gasteiger partial charge in [0.25, 0.3) is 0 Å². The van der Waals surface area contributed by atoms with Crippen LogP contribution in [0.2, 0.25) is 0 Å². The van der Waals surface area contributed by atoms with Crippen molar-refractivity contribution in [1.29, 1.82) is 0 Å². The topological polar surface area (TPSA) is 66.8 Å². The van der Waals surface area contributed by atoms with Crippen LogP contribution in [0.25, 0.3) is 11.1 Å². The highest BCUT2D eigenvalue weighted by Crippen LogP contribution is 2.46. The van der Waals surface area contributed by atoms with Crippen LogP contribution in [-0.2, 0) is 19.3 Å². The van der Waals surface area contributed by atoms with Crippen molar-refractivity contribution in [2.45, 2.75) is 78.6 Å². The second-order valence-corrected chi connectivity index (χ2v) is 7.53. The number of ether oxygens (including phenoxy) is 1. The van der Waals surface area contributed by atoms with Crippen LogP contribution in [0.1, 0.15) is 76.0 Å². The zero-order chi connectivity index (χ0) is 21.2. The highest BCUT2D eigenvalue weighted by atomic mass is 16.7. The molecule has 4 heteroatoms. The maximum Gasteiger partial charge on any atom is 0.511 e. The zero-order valence-electron chi connectivity index (χ0n) is 18.0. The summed E-state index contributed by atoms with van der Waals surface area (Å²) >= 11 is 0. The van der Waals surface area contributed by atoms with E-state index in [4.69, 9.17) is 4.74 Å². The first-order valence-corrected chi connectivity index (χ1v) is 10.9. The van der Waals surface area contributed by atoms with Gasteiger partial charge in [-0.25, -0.2) is 4.79 Å². The monoisotopic (exact) mass is 398 g/mol. The summed E-state index contributed by atoms with van der Waals surface area (Å²) in [5.41, 5.74) is 4.80. The van der Waals surface area contributed by atoms with Crippen molar-refractivity contribution in [1.82, 2.24) is 0 Å². The molecule has 4 nitrogen and oxygen atoms in total. The third-order valence-electron chi connectivity index (χ3n) is 5.35. The van der Waals surface area contributed by atoms with Crippen LogP contribution in [0.3, 0.4) is 0 Å². The molecule has 0 aliphatic carbocycles. The molecular formula is C25H34O4. The normalized spacial score (nSPS) is 10.9. The Morgan fingerprint density at radius 1 is 0.828 bits per heavy atom. The van der Waals surface area contributed by atoms with Crippen LogP contribution in [0.15, 0.2) is 30.3 Å². The van der Waals surface area contributed by atoms with Gasteiger partial charge in [0, 0.05) is 11.1 Å². The Balaban J connectivity index is 2.83. The number of phenolic OH excluding ortho intramolecular Hbond substituents is 1. The second-order valence-electron chi connectivity index (χ2n) is 7.53. The van der Waals surface area contributed by atoms with E-state index in [0.717, 1.165) is 73.6 Å². The number of rotatable bonds is 11. The molecule has 2 aromatic rings. The molecule has 2 rings (SSSR count). The molecule has 2 aromatic carbocycles. The highest BCUT2D eigenvalue weighted by Gasteiger charge is 2.26. The van der Waals surface area contributed by atoms with Crippen LogP contribution in [0, 0.1) is 0 Å². The molecule has 0 aliphatic heterocycles. The van der Waals surface area contributed by atoms with Gasteiger partial charge in [-0.15, -0.1) is 0 Å². The van der Waals surface area contributed by atoms with Crippen molar-refractivity contribution in [3.63, 3.8) is 0 Å². The summed E-state index contributed by atoms with van der Waals surface area (Å²) in [6, 6.07) is 9.74. The largest absolute Gasteiger partial charge is 0.511 e. The fraction of sp³-hybridized carbons (Fsp3) is 0.480. The van der Waals surface area contributed by atoms with Gasteiger partial charge in [0.1, 0.15) is 0 Å². The Morgan fingerprint density at radius 2 is 1.34 bits per heavy atom. The standard InChI is InChI=1S/C25H34O4/c1-4-7-15-19-20(16-8-5-2)22(18-13-11-10-12-14-18)23(26)24(29-25(27)28)21(19)17-9-6-3/h10-14,26H,4-9,15-17H2,1-3H3,(H,27,28). The van der Waals surface area contributed by atoms with E-state index in [1.807, 2.05) is 30.3 Å². The predicted molar refractivity (Wildman–Crippen MR) is 118 cm³/mol. The average Bonchev–Trinajstić information content (AvgIpc) is 2.72. The third-order valence-corrected chi connectivity index (χ3v) is 5.35. The first-order valence-electron chi connectivity index (χ1n) is 10.9. The Hall–Kier alpha value is -2.49. The Kier molecular flexibility index (Phi) is 9.04. The van der Waals surface area contributed by atoms with Gasteiger partial charge >= 0.3 is 6.16 Å². The smallest absolute Gasteiger partial charge is 0.504 e. The van der Waals surface area contributed by atoms with Gasteiger partial charge in [-0.3, -0.25) is 0 Å². The summed E-state index contributed by atoms with van der Waals surface area (Å²) in [6.45, 7) is 6.43. The molecule has 0 aromatic heterocycles. The fourth-order valence-corrected chi connectivity index (χ4v) is 3.89. The molecule has 158 valence electrons. The molecule has 0 saturated heterocycles. The highest BCUT2D eigenvalue weighted by molar-refractivity contribution is 5.81. The minimum absolute atomic E-state index is 0.0453. The van der Waals surface area contributed by atoms with Crippen molar-refractivity contribution in [3.8, 4) is 22.6 Å². The van der Waals surface area contributed by atoms with Crippen molar-refractivity contribution < 1.29 is 19.7 Å². The number of benzene rings is 2. The molecule has 0 heterocycles. The molecule has 0 atom stereocenters. The lowest BCUT2D eigenvalue weighted by Gasteiger charge is -2.24. The van der Waals surface area contributed by atoms with E-state index in [1.165, 1.54) is 5.56 Å². The molecule has 0 unspecified atom stereocenters. The number of hydrogen-bond donors (Lipinski definition) is 2. The van der Waals surface area contributed by atoms with E-state index in [9.17, 15) is 15.0 Å². The summed E-state index contributed by atoms with van der Waals surface area (Å²) in [5.74, 6) is 0.0761. The Morgan fingerprint density at radius 3 is 1.86 bits per heavy atom. The molecular weight excluding hydrogens is 364 g/mol. The molecule has 0 radical (unpaired) electrons. The lowest BCUT2D eigenvalue weighted by atomic mass is 9.84. The summed E-state index contributed by atoms with van der Waals surface area (Å²) in [5, 5.41) is 20.6. The maximum absolute atomic E-state index is 11.4. The third kappa shape index (κ3) is 5.75. The minimum atomic E-state index is -1.39. The van der Waals surface area contributed by atoms with Gasteiger partial charge in [-0.2, -0.15) is 0 Å². The first-order chi connectivity index (χ1) is 14.0. The summed E-state index contributed by atoms with van der Waals surface area (Å²) in [7, 11) is 0. The van der Waals surface area contributed by atoms with Crippen molar-refractivity contribution in [3.05, 3.63) is 47.0 Å². The molecule has 0 spiro atoms. The van der Waals surface area contributed by atoms with E-state index in [1.54, 1.807) is 0 Å². The molecule has 0 aliphatic rings. The van der Waals surface area contributed by atoms with E-state index in [-0.39, 0.29) is 11.5 Å². The van der Waals surface area contributed by atoms with Crippen LogP contribution >= 0.6 is 0 Å². The molecule has 0 bridgehead atoms. The van der Waals surface area contributed by atoms with Crippen LogP contribution < -0.4 is 4.74 Å². The number of phenols is 1. The van der Waals surface area contributed by atoms with E-state index in [0.29, 0.717) is 6.42 Å². The molecule has 0 fully saturated rings. The van der Waals surface area contributed by atoms with Crippen molar-refractivity contribution in [2.24, 2.45) is 0 Å². The van der Waals surface area contributed by atoms with Gasteiger partial charge in [0.05, 0.1) is 0 Å². The number of unbranched alkanes of at least 4 members (excludes halogenated alkanes) is 3. The molecule has 2 N–H and O–H groups in total. The first kappa shape index (κ1) is 22.8.